The molecule has 5 rings (SSSR count). The van der Waals surface area contributed by atoms with Crippen LogP contribution in [0.5, 0.6) is 0 Å². The molecule has 250 valence electrons. The van der Waals surface area contributed by atoms with Crippen molar-refractivity contribution in [1.82, 2.24) is 0 Å². The normalized spacial score (nSPS) is 11.2. The third kappa shape index (κ3) is 12.2. The molecule has 0 fully saturated rings. The fraction of sp³-hybridized carbons (Fsp3) is 0.400. The van der Waals surface area contributed by atoms with Gasteiger partial charge in [-0.2, -0.15) is 22.9 Å². The summed E-state index contributed by atoms with van der Waals surface area (Å²) < 4.78 is 2.77. The van der Waals surface area contributed by atoms with Gasteiger partial charge < -0.3 is 44.6 Å². The SMILES string of the molecule is CCCCC(CC)Cc1ccc(-c2c3c[c-]sc3c(-c3ccc(CC(CC)CCCC)s3)c3c[c-]sc23)s1.[CH3-].[CH3-].[CH3-].[CH3-].[CH3-].[CH3-].[Sn+4].[Sn+4]. The van der Waals surface area contributed by atoms with Crippen molar-refractivity contribution in [2.45, 2.75) is 91.9 Å². The van der Waals surface area contributed by atoms with Gasteiger partial charge in [0.15, 0.2) is 0 Å². The molecular formula is C40H58S4Sn2. The molecule has 0 aliphatic heterocycles. The van der Waals surface area contributed by atoms with Crippen molar-refractivity contribution in [3.8, 4) is 20.9 Å². The minimum atomic E-state index is 0. The first-order valence-corrected chi connectivity index (χ1v) is 17.9. The maximum Gasteiger partial charge on any atom is 4.00 e. The summed E-state index contributed by atoms with van der Waals surface area (Å²) in [6.07, 6.45) is 13.0. The third-order valence-electron chi connectivity index (χ3n) is 8.09. The van der Waals surface area contributed by atoms with Gasteiger partial charge in [0.1, 0.15) is 0 Å². The van der Waals surface area contributed by atoms with Crippen LogP contribution in [0, 0.1) is 67.2 Å². The fourth-order valence-corrected chi connectivity index (χ4v) is 9.99. The molecule has 2 atom stereocenters. The van der Waals surface area contributed by atoms with Crippen LogP contribution < -0.4 is 0 Å². The molecular weight excluding hydrogens is 846 g/mol. The Hall–Kier alpha value is 0.137. The number of hydrogen-bond donors (Lipinski definition) is 0. The van der Waals surface area contributed by atoms with Crippen LogP contribution in [0.3, 0.4) is 0 Å². The Morgan fingerprint density at radius 3 is 1.26 bits per heavy atom. The van der Waals surface area contributed by atoms with Crippen molar-refractivity contribution in [3.63, 3.8) is 0 Å². The summed E-state index contributed by atoms with van der Waals surface area (Å²) in [6, 6.07) is 14.0. The zero-order chi connectivity index (χ0) is 26.5. The Bertz CT molecular complexity index is 1300. The van der Waals surface area contributed by atoms with Crippen molar-refractivity contribution in [2.24, 2.45) is 11.8 Å². The topological polar surface area (TPSA) is 0 Å². The number of hydrogen-bond acceptors (Lipinski definition) is 4. The van der Waals surface area contributed by atoms with E-state index in [1.807, 2.05) is 22.7 Å². The van der Waals surface area contributed by atoms with Crippen molar-refractivity contribution in [3.05, 3.63) is 101 Å². The van der Waals surface area contributed by atoms with Crippen LogP contribution >= 0.6 is 45.3 Å². The van der Waals surface area contributed by atoms with Crippen LogP contribution in [-0.4, -0.2) is 47.8 Å². The van der Waals surface area contributed by atoms with Crippen LogP contribution in [0.4, 0.5) is 0 Å². The summed E-state index contributed by atoms with van der Waals surface area (Å²) in [6.45, 7) is 9.32. The molecule has 0 amide bonds. The molecule has 4 heterocycles. The van der Waals surface area contributed by atoms with Gasteiger partial charge in [-0.25, -0.2) is 0 Å². The van der Waals surface area contributed by atoms with Crippen LogP contribution in [0.15, 0.2) is 36.4 Å². The predicted octanol–water partition coefficient (Wildman–Crippen LogP) is 14.6. The van der Waals surface area contributed by atoms with E-state index < -0.39 is 0 Å². The zero-order valence-corrected chi connectivity index (χ0v) is 39.3. The van der Waals surface area contributed by atoms with Gasteiger partial charge in [0.2, 0.25) is 0 Å². The summed E-state index contributed by atoms with van der Waals surface area (Å²) in [5.41, 5.74) is 2.81. The molecule has 2 unspecified atom stereocenters. The minimum absolute atomic E-state index is 0. The quantitative estimate of drug-likeness (QED) is 0.0769. The van der Waals surface area contributed by atoms with Crippen LogP contribution in [0.1, 0.15) is 88.8 Å². The van der Waals surface area contributed by atoms with E-state index in [1.54, 1.807) is 22.7 Å². The maximum atomic E-state index is 3.51. The summed E-state index contributed by atoms with van der Waals surface area (Å²) in [5.74, 6) is 1.60. The summed E-state index contributed by atoms with van der Waals surface area (Å²) >= 11 is 7.58. The van der Waals surface area contributed by atoms with E-state index in [0.717, 1.165) is 11.8 Å². The van der Waals surface area contributed by atoms with Gasteiger partial charge in [-0.1, -0.05) is 79.1 Å². The maximum absolute atomic E-state index is 3.51. The smallest absolute Gasteiger partial charge is 0.358 e. The zero-order valence-electron chi connectivity index (χ0n) is 30.3. The van der Waals surface area contributed by atoms with E-state index in [1.165, 1.54) is 115 Å². The standard InChI is InChI=1S/C34H40S4.6CH3.2Sn/c1-5-9-11-23(7-3)21-25-13-15-29(37-25)31-27-17-19-36-34(27)32(28-18-20-35-33(28)31)30-16-14-26(38-30)22-24(8-4)12-10-6-2;;;;;;;;/h13-18,23-24H,5-12,21-22H2,1-4H3;6*1H3;;/q-2;6*-1;2*+4. The molecule has 1 aromatic carbocycles. The number of fused-ring (bicyclic) bond motifs is 2. The molecule has 0 saturated carbocycles. The first-order valence-electron chi connectivity index (χ1n) is 14.6. The molecule has 0 bridgehead atoms. The molecule has 6 heteroatoms. The van der Waals surface area contributed by atoms with Crippen LogP contribution in [-0.2, 0) is 12.8 Å². The van der Waals surface area contributed by atoms with E-state index in [-0.39, 0.29) is 92.4 Å². The average molecular weight is 905 g/mol. The molecule has 4 aromatic heterocycles. The summed E-state index contributed by atoms with van der Waals surface area (Å²) in [4.78, 5) is 5.88. The van der Waals surface area contributed by atoms with Gasteiger partial charge >= 0.3 is 47.8 Å². The van der Waals surface area contributed by atoms with E-state index in [2.05, 4.69) is 74.9 Å². The fourth-order valence-electron chi connectivity index (χ4n) is 5.71. The number of rotatable bonds is 14. The Morgan fingerprint density at radius 2 is 0.935 bits per heavy atom. The molecule has 0 saturated heterocycles. The molecule has 0 radical (unpaired) electrons. The van der Waals surface area contributed by atoms with Gasteiger partial charge in [0.25, 0.3) is 0 Å². The summed E-state index contributed by atoms with van der Waals surface area (Å²) in [5, 5.41) is 9.75. The first kappa shape index (κ1) is 52.9. The van der Waals surface area contributed by atoms with Gasteiger partial charge in [0.05, 0.1) is 0 Å². The van der Waals surface area contributed by atoms with Crippen LogP contribution in [0.2, 0.25) is 0 Å². The van der Waals surface area contributed by atoms with E-state index in [9.17, 15) is 0 Å². The second-order valence-corrected chi connectivity index (χ2v) is 14.8. The molecule has 5 aromatic rings. The number of unbranched alkanes of at least 4 members (excludes halogenated alkanes) is 2. The van der Waals surface area contributed by atoms with E-state index >= 15 is 0 Å². The van der Waals surface area contributed by atoms with Crippen molar-refractivity contribution < 1.29 is 0 Å². The van der Waals surface area contributed by atoms with Crippen molar-refractivity contribution in [2.75, 3.05) is 0 Å². The Balaban J connectivity index is -0.00000110. The van der Waals surface area contributed by atoms with Gasteiger partial charge in [-0.05, 0) is 48.9 Å². The molecule has 0 nitrogen and oxygen atoms in total. The number of thiophene rings is 4. The molecule has 46 heavy (non-hydrogen) atoms. The largest absolute Gasteiger partial charge is 4.00 e. The average Bonchev–Trinajstić information content (AvgIpc) is 3.75. The second-order valence-electron chi connectivity index (χ2n) is 10.7. The third-order valence-corrected chi connectivity index (χ3v) is 12.1. The molecule has 0 aliphatic carbocycles. The summed E-state index contributed by atoms with van der Waals surface area (Å²) in [7, 11) is 0. The Kier molecular flexibility index (Phi) is 29.9. The Labute approximate surface area is 336 Å². The van der Waals surface area contributed by atoms with Crippen molar-refractivity contribution in [1.29, 1.82) is 0 Å². The van der Waals surface area contributed by atoms with E-state index in [4.69, 9.17) is 0 Å². The Morgan fingerprint density at radius 1 is 0.565 bits per heavy atom. The van der Waals surface area contributed by atoms with Crippen molar-refractivity contribution >= 4 is 113 Å². The van der Waals surface area contributed by atoms with Crippen LogP contribution in [0.25, 0.3) is 41.1 Å². The first-order chi connectivity index (χ1) is 18.7. The minimum Gasteiger partial charge on any atom is -0.358 e. The second kappa shape index (κ2) is 26.0. The number of benzene rings is 1. The predicted molar refractivity (Wildman–Crippen MR) is 226 cm³/mol. The molecule has 0 N–H and O–H groups in total. The molecule has 0 spiro atoms. The monoisotopic (exact) mass is 906 g/mol. The van der Waals surface area contributed by atoms with Gasteiger partial charge in [0, 0.05) is 19.5 Å². The van der Waals surface area contributed by atoms with E-state index in [0.29, 0.717) is 0 Å². The molecule has 0 aliphatic rings. The van der Waals surface area contributed by atoms with Gasteiger partial charge in [-0.3, -0.25) is 22.7 Å². The van der Waals surface area contributed by atoms with Gasteiger partial charge in [-0.15, -0.1) is 54.0 Å².